The van der Waals surface area contributed by atoms with Gasteiger partial charge in [0, 0.05) is 27.5 Å². The summed E-state index contributed by atoms with van der Waals surface area (Å²) >= 11 is 0. The minimum atomic E-state index is -0.407. The van der Waals surface area contributed by atoms with Crippen LogP contribution in [-0.4, -0.2) is 23.6 Å². The molecule has 5 aromatic carbocycles. The minimum Gasteiger partial charge on any atom is -0.288 e. The van der Waals surface area contributed by atoms with Crippen LogP contribution in [0, 0.1) is 6.92 Å². The molecule has 0 unspecified atom stereocenters. The molecule has 0 saturated heterocycles. The van der Waals surface area contributed by atoms with E-state index >= 15 is 0 Å². The molecule has 146 valence electrons. The normalized spacial score (nSPS) is 15.4. The van der Waals surface area contributed by atoms with Crippen LogP contribution in [0.3, 0.4) is 0 Å². The standard InChI is InChI=1S/C25H12N2O4/c1-9-8-16-12-4-6-14-20-13(22(28)26-23(14)29)5-2-10(18(12)20)11-3-7-15-21(19(11)16)17(9)25(31)27-24(15)30/h2-8H,1H3,(H,26,28,29)(H,27,30,31). The SMILES string of the molecule is Cc1cc2c3ccc4c5c(ccc(c6ccc7c(c1C(=O)NC7=O)c62)c53)C(=O)NC4=O. The zero-order chi connectivity index (χ0) is 21.2. The summed E-state index contributed by atoms with van der Waals surface area (Å²) in [5.74, 6) is -1.61. The molecule has 31 heavy (non-hydrogen) atoms. The Bertz CT molecular complexity index is 1740. The maximum absolute atomic E-state index is 12.7. The summed E-state index contributed by atoms with van der Waals surface area (Å²) in [7, 11) is 0. The molecular formula is C25H12N2O4. The van der Waals surface area contributed by atoms with E-state index in [4.69, 9.17) is 0 Å². The van der Waals surface area contributed by atoms with Gasteiger partial charge >= 0.3 is 0 Å². The summed E-state index contributed by atoms with van der Waals surface area (Å²) in [5, 5.41) is 11.4. The molecule has 0 radical (unpaired) electrons. The zero-order valence-corrected chi connectivity index (χ0v) is 16.2. The molecule has 7 rings (SSSR count). The fourth-order valence-corrected chi connectivity index (χ4v) is 5.41. The molecule has 0 bridgehead atoms. The first-order valence-corrected chi connectivity index (χ1v) is 9.88. The molecule has 6 nitrogen and oxygen atoms in total. The topological polar surface area (TPSA) is 92.3 Å². The van der Waals surface area contributed by atoms with Crippen LogP contribution in [0.25, 0.3) is 43.1 Å². The maximum atomic E-state index is 12.7. The smallest absolute Gasteiger partial charge is 0.259 e. The molecule has 0 aromatic heterocycles. The second-order valence-corrected chi connectivity index (χ2v) is 8.16. The lowest BCUT2D eigenvalue weighted by Gasteiger charge is -2.24. The molecule has 0 saturated carbocycles. The van der Waals surface area contributed by atoms with Crippen molar-refractivity contribution < 1.29 is 19.2 Å². The van der Waals surface area contributed by atoms with Crippen molar-refractivity contribution >= 4 is 66.7 Å². The van der Waals surface area contributed by atoms with Crippen molar-refractivity contribution in [3.8, 4) is 0 Å². The second-order valence-electron chi connectivity index (χ2n) is 8.16. The van der Waals surface area contributed by atoms with Gasteiger partial charge in [-0.25, -0.2) is 0 Å². The number of benzene rings is 5. The Balaban J connectivity index is 1.84. The molecule has 0 atom stereocenters. The van der Waals surface area contributed by atoms with Gasteiger partial charge in [0.25, 0.3) is 23.6 Å². The number of nitrogens with one attached hydrogen (secondary N) is 2. The van der Waals surface area contributed by atoms with Gasteiger partial charge < -0.3 is 0 Å². The van der Waals surface area contributed by atoms with Gasteiger partial charge in [0.05, 0.1) is 5.56 Å². The van der Waals surface area contributed by atoms with Crippen molar-refractivity contribution in [1.82, 2.24) is 10.6 Å². The van der Waals surface area contributed by atoms with Gasteiger partial charge in [0.2, 0.25) is 0 Å². The molecule has 2 aliphatic heterocycles. The molecule has 2 heterocycles. The number of carbonyl (C=O) groups excluding carboxylic acids is 4. The van der Waals surface area contributed by atoms with E-state index in [1.165, 1.54) is 0 Å². The quantitative estimate of drug-likeness (QED) is 0.233. The predicted octanol–water partition coefficient (Wildman–Crippen LogP) is 3.81. The largest absolute Gasteiger partial charge is 0.288 e. The third-order valence-corrected chi connectivity index (χ3v) is 6.64. The van der Waals surface area contributed by atoms with Crippen LogP contribution in [0.15, 0.2) is 42.5 Å². The van der Waals surface area contributed by atoms with Crippen LogP contribution in [-0.2, 0) is 0 Å². The average molecular weight is 404 g/mol. The van der Waals surface area contributed by atoms with Crippen molar-refractivity contribution in [2.24, 2.45) is 0 Å². The zero-order valence-electron chi connectivity index (χ0n) is 16.2. The highest BCUT2D eigenvalue weighted by atomic mass is 16.2. The van der Waals surface area contributed by atoms with Crippen molar-refractivity contribution in [3.05, 3.63) is 70.3 Å². The Hall–Kier alpha value is -4.32. The number of fused-ring (bicyclic) bond motifs is 2. The van der Waals surface area contributed by atoms with Crippen LogP contribution < -0.4 is 10.6 Å². The molecule has 0 spiro atoms. The summed E-state index contributed by atoms with van der Waals surface area (Å²) in [6.45, 7) is 1.86. The maximum Gasteiger partial charge on any atom is 0.259 e. The lowest BCUT2D eigenvalue weighted by Crippen LogP contribution is -2.35. The minimum absolute atomic E-state index is 0.392. The first kappa shape index (κ1) is 16.5. The van der Waals surface area contributed by atoms with Gasteiger partial charge in [0.15, 0.2) is 0 Å². The number of rotatable bonds is 0. The van der Waals surface area contributed by atoms with Crippen LogP contribution in [0.5, 0.6) is 0 Å². The predicted molar refractivity (Wildman–Crippen MR) is 116 cm³/mol. The van der Waals surface area contributed by atoms with E-state index in [0.717, 1.165) is 37.9 Å². The molecule has 2 aliphatic rings. The number of hydrogen-bond acceptors (Lipinski definition) is 4. The summed E-state index contributed by atoms with van der Waals surface area (Å²) in [5.41, 5.74) is 2.69. The Morgan fingerprint density at radius 1 is 0.516 bits per heavy atom. The number of imide groups is 2. The van der Waals surface area contributed by atoms with Gasteiger partial charge in [-0.1, -0.05) is 18.2 Å². The Labute approximate surface area is 174 Å². The summed E-state index contributed by atoms with van der Waals surface area (Å²) < 4.78 is 0. The van der Waals surface area contributed by atoms with E-state index < -0.39 is 23.6 Å². The first-order valence-electron chi connectivity index (χ1n) is 9.88. The Morgan fingerprint density at radius 3 is 1.55 bits per heavy atom. The average Bonchev–Trinajstić information content (AvgIpc) is 2.74. The van der Waals surface area contributed by atoms with Crippen LogP contribution in [0.1, 0.15) is 47.0 Å². The van der Waals surface area contributed by atoms with Crippen LogP contribution in [0.2, 0.25) is 0 Å². The van der Waals surface area contributed by atoms with E-state index in [2.05, 4.69) is 10.6 Å². The molecule has 2 N–H and O–H groups in total. The Morgan fingerprint density at radius 2 is 0.968 bits per heavy atom. The summed E-state index contributed by atoms with van der Waals surface area (Å²) in [6.07, 6.45) is 0. The summed E-state index contributed by atoms with van der Waals surface area (Å²) in [6, 6.07) is 12.8. The fourth-order valence-electron chi connectivity index (χ4n) is 5.41. The monoisotopic (exact) mass is 404 g/mol. The van der Waals surface area contributed by atoms with Crippen molar-refractivity contribution in [2.45, 2.75) is 6.92 Å². The molecular weight excluding hydrogens is 392 g/mol. The van der Waals surface area contributed by atoms with Gasteiger partial charge in [-0.15, -0.1) is 0 Å². The van der Waals surface area contributed by atoms with Crippen molar-refractivity contribution in [2.75, 3.05) is 0 Å². The second kappa shape index (κ2) is 5.05. The highest BCUT2D eigenvalue weighted by Gasteiger charge is 2.31. The lowest BCUT2D eigenvalue weighted by atomic mass is 9.81. The first-order chi connectivity index (χ1) is 15.0. The highest BCUT2D eigenvalue weighted by Crippen LogP contribution is 2.45. The van der Waals surface area contributed by atoms with Gasteiger partial charge in [-0.2, -0.15) is 0 Å². The Kier molecular flexibility index (Phi) is 2.68. The number of carbonyl (C=O) groups is 4. The van der Waals surface area contributed by atoms with E-state index in [1.807, 2.05) is 31.2 Å². The fraction of sp³-hybridized carbons (Fsp3) is 0.0400. The van der Waals surface area contributed by atoms with Gasteiger partial charge in [0.1, 0.15) is 0 Å². The molecule has 5 aromatic rings. The molecule has 0 fully saturated rings. The van der Waals surface area contributed by atoms with Crippen LogP contribution in [0.4, 0.5) is 0 Å². The van der Waals surface area contributed by atoms with Gasteiger partial charge in [-0.05, 0) is 69.1 Å². The van der Waals surface area contributed by atoms with Crippen molar-refractivity contribution in [1.29, 1.82) is 0 Å². The number of aryl methyl sites for hydroxylation is 1. The van der Waals surface area contributed by atoms with Gasteiger partial charge in [-0.3, -0.25) is 29.8 Å². The number of hydrogen-bond donors (Lipinski definition) is 2. The molecule has 4 amide bonds. The third kappa shape index (κ3) is 1.75. The molecule has 6 heteroatoms. The van der Waals surface area contributed by atoms with E-state index in [0.29, 0.717) is 33.0 Å². The third-order valence-electron chi connectivity index (χ3n) is 6.64. The van der Waals surface area contributed by atoms with E-state index in [9.17, 15) is 19.2 Å². The number of amides is 4. The van der Waals surface area contributed by atoms with Crippen molar-refractivity contribution in [3.63, 3.8) is 0 Å². The van der Waals surface area contributed by atoms with E-state index in [1.54, 1.807) is 18.2 Å². The molecule has 0 aliphatic carbocycles. The summed E-state index contributed by atoms with van der Waals surface area (Å²) in [4.78, 5) is 50.2. The van der Waals surface area contributed by atoms with E-state index in [-0.39, 0.29) is 0 Å². The lowest BCUT2D eigenvalue weighted by molar-refractivity contribution is 0.0828. The van der Waals surface area contributed by atoms with Crippen LogP contribution >= 0.6 is 0 Å². The highest BCUT2D eigenvalue weighted by molar-refractivity contribution is 6.41.